The highest BCUT2D eigenvalue weighted by Gasteiger charge is 2.22. The molecule has 0 saturated carbocycles. The van der Waals surface area contributed by atoms with E-state index in [9.17, 15) is 18.0 Å². The summed E-state index contributed by atoms with van der Waals surface area (Å²) in [5.74, 6) is -0.741. The summed E-state index contributed by atoms with van der Waals surface area (Å²) in [5.41, 5.74) is 0.190. The molecule has 0 aromatic heterocycles. The lowest BCUT2D eigenvalue weighted by atomic mass is 10.2. The smallest absolute Gasteiger partial charge is 0.338 e. The van der Waals surface area contributed by atoms with E-state index in [-0.39, 0.29) is 23.0 Å². The van der Waals surface area contributed by atoms with Crippen molar-refractivity contribution in [2.24, 2.45) is 5.92 Å². The van der Waals surface area contributed by atoms with Crippen LogP contribution in [0.3, 0.4) is 0 Å². The third kappa shape index (κ3) is 6.13. The van der Waals surface area contributed by atoms with Gasteiger partial charge in [0.15, 0.2) is 6.61 Å². The molecule has 0 radical (unpaired) electrons. The van der Waals surface area contributed by atoms with Gasteiger partial charge in [-0.2, -0.15) is 4.31 Å². The fourth-order valence-electron chi connectivity index (χ4n) is 2.06. The zero-order valence-electron chi connectivity index (χ0n) is 15.1. The maximum atomic E-state index is 12.4. The van der Waals surface area contributed by atoms with Crippen molar-refractivity contribution in [1.82, 2.24) is 9.62 Å². The molecule has 7 nitrogen and oxygen atoms in total. The van der Waals surface area contributed by atoms with Gasteiger partial charge in [0.2, 0.25) is 10.0 Å². The molecular formula is C17H26N2O5S. The van der Waals surface area contributed by atoms with Crippen LogP contribution in [0.25, 0.3) is 0 Å². The number of sulfonamides is 1. The van der Waals surface area contributed by atoms with Gasteiger partial charge in [0.25, 0.3) is 5.91 Å². The lowest BCUT2D eigenvalue weighted by Crippen LogP contribution is -2.31. The van der Waals surface area contributed by atoms with Crippen LogP contribution in [0, 0.1) is 5.92 Å². The Hall–Kier alpha value is -1.93. The van der Waals surface area contributed by atoms with E-state index in [0.717, 1.165) is 0 Å². The average Bonchev–Trinajstić information content (AvgIpc) is 2.58. The Labute approximate surface area is 149 Å². The van der Waals surface area contributed by atoms with Crippen LogP contribution < -0.4 is 5.32 Å². The minimum Gasteiger partial charge on any atom is -0.452 e. The summed E-state index contributed by atoms with van der Waals surface area (Å²) >= 11 is 0. The second-order valence-corrected chi connectivity index (χ2v) is 7.83. The highest BCUT2D eigenvalue weighted by Crippen LogP contribution is 2.16. The Bertz CT molecular complexity index is 679. The van der Waals surface area contributed by atoms with E-state index in [1.165, 1.54) is 28.6 Å². The van der Waals surface area contributed by atoms with Gasteiger partial charge in [-0.15, -0.1) is 0 Å². The van der Waals surface area contributed by atoms with E-state index in [2.05, 4.69) is 5.32 Å². The number of benzene rings is 1. The van der Waals surface area contributed by atoms with Crippen molar-refractivity contribution >= 4 is 21.9 Å². The Morgan fingerprint density at radius 1 is 1.12 bits per heavy atom. The van der Waals surface area contributed by atoms with Crippen molar-refractivity contribution in [3.63, 3.8) is 0 Å². The van der Waals surface area contributed by atoms with E-state index in [1.807, 2.05) is 13.8 Å². The largest absolute Gasteiger partial charge is 0.452 e. The second-order valence-electron chi connectivity index (χ2n) is 5.89. The molecule has 1 aromatic rings. The number of rotatable bonds is 9. The number of esters is 1. The Morgan fingerprint density at radius 3 is 2.16 bits per heavy atom. The molecule has 0 heterocycles. The minimum absolute atomic E-state index is 0.113. The van der Waals surface area contributed by atoms with Crippen LogP contribution in [-0.2, 0) is 19.6 Å². The fourth-order valence-corrected chi connectivity index (χ4v) is 3.52. The second kappa shape index (κ2) is 9.53. The van der Waals surface area contributed by atoms with Crippen molar-refractivity contribution in [2.75, 3.05) is 26.2 Å². The predicted molar refractivity (Wildman–Crippen MR) is 94.7 cm³/mol. The molecule has 0 fully saturated rings. The summed E-state index contributed by atoms with van der Waals surface area (Å²) in [6.07, 6.45) is 0. The SMILES string of the molecule is CCN(CC)S(=O)(=O)c1ccc(C(=O)OCC(=O)NCC(C)C)cc1. The molecule has 0 unspecified atom stereocenters. The highest BCUT2D eigenvalue weighted by molar-refractivity contribution is 7.89. The first-order chi connectivity index (χ1) is 11.7. The molecular weight excluding hydrogens is 344 g/mol. The molecule has 25 heavy (non-hydrogen) atoms. The van der Waals surface area contributed by atoms with E-state index < -0.39 is 16.0 Å². The predicted octanol–water partition coefficient (Wildman–Crippen LogP) is 1.65. The third-order valence-electron chi connectivity index (χ3n) is 3.48. The first kappa shape index (κ1) is 21.1. The van der Waals surface area contributed by atoms with E-state index in [4.69, 9.17) is 4.74 Å². The molecule has 8 heteroatoms. The third-order valence-corrected chi connectivity index (χ3v) is 5.54. The number of nitrogens with zero attached hydrogens (tertiary/aromatic N) is 1. The van der Waals surface area contributed by atoms with Gasteiger partial charge in [0, 0.05) is 19.6 Å². The Balaban J connectivity index is 2.70. The molecule has 0 aliphatic carbocycles. The highest BCUT2D eigenvalue weighted by atomic mass is 32.2. The summed E-state index contributed by atoms with van der Waals surface area (Å²) in [7, 11) is -3.57. The number of ether oxygens (including phenoxy) is 1. The molecule has 0 aliphatic rings. The van der Waals surface area contributed by atoms with Crippen LogP contribution in [-0.4, -0.2) is 50.8 Å². The van der Waals surface area contributed by atoms with Crippen LogP contribution in [0.4, 0.5) is 0 Å². The molecule has 1 N–H and O–H groups in total. The molecule has 0 bridgehead atoms. The topological polar surface area (TPSA) is 92.8 Å². The molecule has 0 saturated heterocycles. The lowest BCUT2D eigenvalue weighted by molar-refractivity contribution is -0.124. The standard InChI is InChI=1S/C17H26N2O5S/c1-5-19(6-2)25(22,23)15-9-7-14(8-10-15)17(21)24-12-16(20)18-11-13(3)4/h7-10,13H,5-6,11-12H2,1-4H3,(H,18,20). The van der Waals surface area contributed by atoms with Gasteiger partial charge in [-0.3, -0.25) is 4.79 Å². The van der Waals surface area contributed by atoms with E-state index in [0.29, 0.717) is 25.6 Å². The lowest BCUT2D eigenvalue weighted by Gasteiger charge is -2.18. The van der Waals surface area contributed by atoms with Crippen molar-refractivity contribution in [3.8, 4) is 0 Å². The Kier molecular flexibility index (Phi) is 8.05. The van der Waals surface area contributed by atoms with Crippen LogP contribution in [0.15, 0.2) is 29.2 Å². The number of amides is 1. The first-order valence-corrected chi connectivity index (χ1v) is 9.70. The normalized spacial score (nSPS) is 11.6. The van der Waals surface area contributed by atoms with Crippen LogP contribution >= 0.6 is 0 Å². The van der Waals surface area contributed by atoms with E-state index >= 15 is 0 Å². The van der Waals surface area contributed by atoms with Crippen LogP contribution in [0.1, 0.15) is 38.1 Å². The summed E-state index contributed by atoms with van der Waals surface area (Å²) < 4.78 is 31.0. The summed E-state index contributed by atoms with van der Waals surface area (Å²) in [6.45, 7) is 8.32. The van der Waals surface area contributed by atoms with Gasteiger partial charge >= 0.3 is 5.97 Å². The zero-order chi connectivity index (χ0) is 19.0. The monoisotopic (exact) mass is 370 g/mol. The molecule has 140 valence electrons. The molecule has 0 spiro atoms. The zero-order valence-corrected chi connectivity index (χ0v) is 15.9. The van der Waals surface area contributed by atoms with Gasteiger partial charge < -0.3 is 10.1 Å². The van der Waals surface area contributed by atoms with Crippen molar-refractivity contribution in [3.05, 3.63) is 29.8 Å². The van der Waals surface area contributed by atoms with E-state index in [1.54, 1.807) is 13.8 Å². The van der Waals surface area contributed by atoms with Crippen LogP contribution in [0.5, 0.6) is 0 Å². The maximum Gasteiger partial charge on any atom is 0.338 e. The molecule has 0 atom stereocenters. The molecule has 1 rings (SSSR count). The molecule has 1 aromatic carbocycles. The van der Waals surface area contributed by atoms with Crippen molar-refractivity contribution < 1.29 is 22.7 Å². The number of carbonyl (C=O) groups excluding carboxylic acids is 2. The summed E-state index contributed by atoms with van der Waals surface area (Å²) in [4.78, 5) is 23.6. The van der Waals surface area contributed by atoms with Gasteiger partial charge in [-0.25, -0.2) is 13.2 Å². The number of hydrogen-bond acceptors (Lipinski definition) is 5. The van der Waals surface area contributed by atoms with Gasteiger partial charge in [-0.05, 0) is 30.2 Å². The average molecular weight is 370 g/mol. The fraction of sp³-hybridized carbons (Fsp3) is 0.529. The number of carbonyl (C=O) groups is 2. The number of nitrogens with one attached hydrogen (secondary N) is 1. The maximum absolute atomic E-state index is 12.4. The van der Waals surface area contributed by atoms with Crippen molar-refractivity contribution in [2.45, 2.75) is 32.6 Å². The summed E-state index contributed by atoms with van der Waals surface area (Å²) in [6, 6.07) is 5.49. The minimum atomic E-state index is -3.57. The van der Waals surface area contributed by atoms with Gasteiger partial charge in [-0.1, -0.05) is 27.7 Å². The van der Waals surface area contributed by atoms with Crippen LogP contribution in [0.2, 0.25) is 0 Å². The molecule has 1 amide bonds. The first-order valence-electron chi connectivity index (χ1n) is 8.26. The van der Waals surface area contributed by atoms with Gasteiger partial charge in [0.1, 0.15) is 0 Å². The molecule has 0 aliphatic heterocycles. The van der Waals surface area contributed by atoms with Gasteiger partial charge in [0.05, 0.1) is 10.5 Å². The summed E-state index contributed by atoms with van der Waals surface area (Å²) in [5, 5.41) is 2.64. The quantitative estimate of drug-likeness (QED) is 0.667. The number of hydrogen-bond donors (Lipinski definition) is 1. The Morgan fingerprint density at radius 2 is 1.68 bits per heavy atom. The van der Waals surface area contributed by atoms with Crippen molar-refractivity contribution in [1.29, 1.82) is 0 Å².